The molecule has 3 rings (SSSR count). The summed E-state index contributed by atoms with van der Waals surface area (Å²) in [6, 6.07) is 22.2. The van der Waals surface area contributed by atoms with E-state index in [1.165, 1.54) is 50.0 Å². The van der Waals surface area contributed by atoms with Gasteiger partial charge >= 0.3 is 0 Å². The molecule has 0 atom stereocenters. The van der Waals surface area contributed by atoms with E-state index in [0.29, 0.717) is 6.04 Å². The lowest BCUT2D eigenvalue weighted by molar-refractivity contribution is 0.199. The van der Waals surface area contributed by atoms with Crippen LogP contribution in [0.25, 0.3) is 0 Å². The van der Waals surface area contributed by atoms with Gasteiger partial charge in [-0.25, -0.2) is 0 Å². The maximum Gasteiger partial charge on any atom is 0.0208 e. The molecule has 2 aromatic rings. The molecule has 1 fully saturated rings. The first-order valence-corrected chi connectivity index (χ1v) is 8.44. The van der Waals surface area contributed by atoms with Crippen LogP contribution in [0.3, 0.4) is 0 Å². The molecular weight excluding hydrogens is 339 g/mol. The molecule has 1 saturated heterocycles. The van der Waals surface area contributed by atoms with Gasteiger partial charge in [-0.3, -0.25) is 0 Å². The lowest BCUT2D eigenvalue weighted by Gasteiger charge is -2.32. The highest BCUT2D eigenvalue weighted by atomic mass is 35.5. The molecule has 1 heterocycles. The molecule has 0 aliphatic carbocycles. The average molecular weight is 367 g/mol. The molecule has 0 bridgehead atoms. The van der Waals surface area contributed by atoms with Gasteiger partial charge in [-0.05, 0) is 43.5 Å². The Kier molecular flexibility index (Phi) is 10.0. The van der Waals surface area contributed by atoms with E-state index < -0.39 is 0 Å². The molecule has 2 aromatic carbocycles. The van der Waals surface area contributed by atoms with Crippen molar-refractivity contribution < 1.29 is 0 Å². The number of nitrogens with one attached hydrogen (secondary N) is 1. The van der Waals surface area contributed by atoms with E-state index in [1.807, 2.05) is 0 Å². The lowest BCUT2D eigenvalue weighted by Crippen LogP contribution is -2.42. The van der Waals surface area contributed by atoms with Crippen LogP contribution in [0.2, 0.25) is 0 Å². The Balaban J connectivity index is 0.00000144. The Hall–Kier alpha value is -1.06. The van der Waals surface area contributed by atoms with Crippen molar-refractivity contribution in [1.29, 1.82) is 0 Å². The number of hydrogen-bond donors (Lipinski definition) is 1. The van der Waals surface area contributed by atoms with E-state index in [9.17, 15) is 0 Å². The van der Waals surface area contributed by atoms with E-state index in [4.69, 9.17) is 0 Å². The van der Waals surface area contributed by atoms with Gasteiger partial charge in [-0.2, -0.15) is 0 Å². The molecule has 0 saturated carbocycles. The number of benzene rings is 2. The number of nitrogens with zero attached hydrogens (tertiary/aromatic N) is 1. The molecule has 1 N–H and O–H groups in total. The third-order valence-corrected chi connectivity index (χ3v) is 4.58. The summed E-state index contributed by atoms with van der Waals surface area (Å²) >= 11 is 0. The Morgan fingerprint density at radius 3 is 1.92 bits per heavy atom. The van der Waals surface area contributed by atoms with E-state index in [-0.39, 0.29) is 24.8 Å². The summed E-state index contributed by atoms with van der Waals surface area (Å²) in [5.41, 5.74) is 2.83. The number of halogens is 2. The van der Waals surface area contributed by atoms with Gasteiger partial charge in [0.1, 0.15) is 0 Å². The van der Waals surface area contributed by atoms with Gasteiger partial charge in [-0.15, -0.1) is 24.8 Å². The number of piperidine rings is 1. The molecule has 2 nitrogen and oxygen atoms in total. The van der Waals surface area contributed by atoms with Gasteiger partial charge < -0.3 is 10.2 Å². The standard InChI is InChI=1S/C20H26N2.2ClH/c1-3-7-18(8-4-1)11-14-22-15-12-20(13-16-22)21-17-19-9-5-2-6-10-19;;/h1-10,20-21H,11-17H2;2*1H. The zero-order chi connectivity index (χ0) is 15.0. The topological polar surface area (TPSA) is 15.3 Å². The van der Waals surface area contributed by atoms with Crippen molar-refractivity contribution in [1.82, 2.24) is 10.2 Å². The smallest absolute Gasteiger partial charge is 0.0208 e. The fourth-order valence-corrected chi connectivity index (χ4v) is 3.15. The molecule has 4 heteroatoms. The van der Waals surface area contributed by atoms with Crippen molar-refractivity contribution in [2.45, 2.75) is 31.8 Å². The number of rotatable bonds is 6. The Morgan fingerprint density at radius 1 is 0.792 bits per heavy atom. The van der Waals surface area contributed by atoms with Gasteiger partial charge in [-0.1, -0.05) is 60.7 Å². The summed E-state index contributed by atoms with van der Waals surface area (Å²) in [5, 5.41) is 3.71. The van der Waals surface area contributed by atoms with Crippen LogP contribution in [0.5, 0.6) is 0 Å². The lowest BCUT2D eigenvalue weighted by atomic mass is 10.0. The predicted octanol–water partition coefficient (Wildman–Crippen LogP) is 4.33. The summed E-state index contributed by atoms with van der Waals surface area (Å²) in [6.07, 6.45) is 3.70. The highest BCUT2D eigenvalue weighted by Gasteiger charge is 2.18. The maximum absolute atomic E-state index is 3.71. The van der Waals surface area contributed by atoms with Gasteiger partial charge in [0.05, 0.1) is 0 Å². The highest BCUT2D eigenvalue weighted by molar-refractivity contribution is 5.85. The van der Waals surface area contributed by atoms with Crippen molar-refractivity contribution in [3.63, 3.8) is 0 Å². The van der Waals surface area contributed by atoms with Crippen LogP contribution in [-0.2, 0) is 13.0 Å². The minimum Gasteiger partial charge on any atom is -0.310 e. The third kappa shape index (κ3) is 6.82. The van der Waals surface area contributed by atoms with Crippen molar-refractivity contribution in [3.05, 3.63) is 71.8 Å². The zero-order valence-corrected chi connectivity index (χ0v) is 15.7. The number of likely N-dealkylation sites (tertiary alicyclic amines) is 1. The summed E-state index contributed by atoms with van der Waals surface area (Å²) in [7, 11) is 0. The van der Waals surface area contributed by atoms with Crippen LogP contribution in [0.1, 0.15) is 24.0 Å². The van der Waals surface area contributed by atoms with E-state index in [1.54, 1.807) is 0 Å². The van der Waals surface area contributed by atoms with E-state index in [2.05, 4.69) is 70.9 Å². The van der Waals surface area contributed by atoms with Crippen LogP contribution in [0.15, 0.2) is 60.7 Å². The molecular formula is C20H28Cl2N2. The first-order valence-electron chi connectivity index (χ1n) is 8.44. The highest BCUT2D eigenvalue weighted by Crippen LogP contribution is 2.12. The molecule has 132 valence electrons. The molecule has 0 amide bonds. The fraction of sp³-hybridized carbons (Fsp3) is 0.400. The Morgan fingerprint density at radius 2 is 1.33 bits per heavy atom. The number of hydrogen-bond acceptors (Lipinski definition) is 2. The largest absolute Gasteiger partial charge is 0.310 e. The molecule has 1 aliphatic heterocycles. The Bertz CT molecular complexity index is 489. The van der Waals surface area contributed by atoms with Gasteiger partial charge in [0.2, 0.25) is 0 Å². The quantitative estimate of drug-likeness (QED) is 0.818. The average Bonchev–Trinajstić information content (AvgIpc) is 2.61. The third-order valence-electron chi connectivity index (χ3n) is 4.58. The summed E-state index contributed by atoms with van der Waals surface area (Å²) < 4.78 is 0. The normalized spacial score (nSPS) is 15.3. The summed E-state index contributed by atoms with van der Waals surface area (Å²) in [6.45, 7) is 4.63. The molecule has 1 aliphatic rings. The summed E-state index contributed by atoms with van der Waals surface area (Å²) in [5.74, 6) is 0. The minimum atomic E-state index is 0. The first-order chi connectivity index (χ1) is 10.9. The minimum absolute atomic E-state index is 0. The van der Waals surface area contributed by atoms with Gasteiger partial charge in [0.25, 0.3) is 0 Å². The second kappa shape index (κ2) is 11.5. The van der Waals surface area contributed by atoms with E-state index in [0.717, 1.165) is 6.54 Å². The molecule has 0 spiro atoms. The van der Waals surface area contributed by atoms with Crippen molar-refractivity contribution in [2.75, 3.05) is 19.6 Å². The maximum atomic E-state index is 3.71. The van der Waals surface area contributed by atoms with Crippen LogP contribution < -0.4 is 5.32 Å². The van der Waals surface area contributed by atoms with Crippen LogP contribution >= 0.6 is 24.8 Å². The Labute approximate surface area is 158 Å². The van der Waals surface area contributed by atoms with E-state index >= 15 is 0 Å². The SMILES string of the molecule is Cl.Cl.c1ccc(CCN2CCC(NCc3ccccc3)CC2)cc1. The zero-order valence-electron chi connectivity index (χ0n) is 14.1. The van der Waals surface area contributed by atoms with Crippen molar-refractivity contribution in [3.8, 4) is 0 Å². The molecule has 0 unspecified atom stereocenters. The second-order valence-electron chi connectivity index (χ2n) is 6.22. The summed E-state index contributed by atoms with van der Waals surface area (Å²) in [4.78, 5) is 2.60. The van der Waals surface area contributed by atoms with Crippen LogP contribution in [0, 0.1) is 0 Å². The van der Waals surface area contributed by atoms with Crippen LogP contribution in [0.4, 0.5) is 0 Å². The van der Waals surface area contributed by atoms with Crippen LogP contribution in [-0.4, -0.2) is 30.6 Å². The predicted molar refractivity (Wildman–Crippen MR) is 107 cm³/mol. The monoisotopic (exact) mass is 366 g/mol. The van der Waals surface area contributed by atoms with Gasteiger partial charge in [0, 0.05) is 19.1 Å². The van der Waals surface area contributed by atoms with Gasteiger partial charge in [0.15, 0.2) is 0 Å². The van der Waals surface area contributed by atoms with Crippen molar-refractivity contribution in [2.24, 2.45) is 0 Å². The molecule has 24 heavy (non-hydrogen) atoms. The molecule has 0 aromatic heterocycles. The second-order valence-corrected chi connectivity index (χ2v) is 6.22. The fourth-order valence-electron chi connectivity index (χ4n) is 3.15. The van der Waals surface area contributed by atoms with Crippen molar-refractivity contribution >= 4 is 24.8 Å². The first kappa shape index (κ1) is 21.0. The molecule has 0 radical (unpaired) electrons.